The van der Waals surface area contributed by atoms with E-state index in [2.05, 4.69) is 10.2 Å². The second kappa shape index (κ2) is 18.2. The van der Waals surface area contributed by atoms with Crippen LogP contribution in [0.25, 0.3) is 0 Å². The number of hydrogen-bond acceptors (Lipinski definition) is 13. The number of benzene rings is 1. The minimum Gasteiger partial charge on any atom is -0.459 e. The first-order valence-corrected chi connectivity index (χ1v) is 21.6. The van der Waals surface area contributed by atoms with E-state index >= 15 is 0 Å². The third kappa shape index (κ3) is 13.4. The average Bonchev–Trinajstić information content (AvgIpc) is 3.49. The van der Waals surface area contributed by atoms with E-state index in [1.54, 1.807) is 113 Å². The molecule has 19 heteroatoms. The number of amides is 3. The highest BCUT2D eigenvalue weighted by Crippen LogP contribution is 2.38. The first-order valence-electron chi connectivity index (χ1n) is 19.4. The molecule has 2 heterocycles. The number of carbonyl (C=O) groups is 4. The summed E-state index contributed by atoms with van der Waals surface area (Å²) < 4.78 is 51.4. The molecule has 0 saturated heterocycles. The van der Waals surface area contributed by atoms with Crippen molar-refractivity contribution in [1.82, 2.24) is 15.1 Å². The summed E-state index contributed by atoms with van der Waals surface area (Å²) in [6, 6.07) is 8.24. The van der Waals surface area contributed by atoms with Gasteiger partial charge in [-0.2, -0.15) is 0 Å². The SMILES string of the molecule is CC(C)(C)OC(=O)CN(c1ccc2c(c1)CCN2c1ccc(N(CCN(C(=O)OC(C)(C)C)C(=O)OC(C)(C)C)C(=O)OC(C)(C)C)nn1)S(=O)(=O)C1C=C(Cl)C=C(Cl)C1. The molecular formula is C41H56Cl2N6O10S. The van der Waals surface area contributed by atoms with E-state index in [0.29, 0.717) is 18.8 Å². The van der Waals surface area contributed by atoms with Crippen LogP contribution in [-0.4, -0.2) is 102 Å². The smallest absolute Gasteiger partial charge is 0.419 e. The topological polar surface area (TPSA) is 178 Å². The number of aromatic nitrogens is 2. The van der Waals surface area contributed by atoms with E-state index in [1.165, 1.54) is 12.2 Å². The molecule has 60 heavy (non-hydrogen) atoms. The Hall–Kier alpha value is -4.61. The van der Waals surface area contributed by atoms with Crippen molar-refractivity contribution in [1.29, 1.82) is 0 Å². The van der Waals surface area contributed by atoms with Gasteiger partial charge in [0.15, 0.2) is 11.6 Å². The Bertz CT molecular complexity index is 2090. The highest BCUT2D eigenvalue weighted by atomic mass is 35.5. The number of rotatable bonds is 10. The van der Waals surface area contributed by atoms with Gasteiger partial charge in [-0.25, -0.2) is 27.7 Å². The van der Waals surface area contributed by atoms with E-state index in [-0.39, 0.29) is 41.1 Å². The van der Waals surface area contributed by atoms with Crippen molar-refractivity contribution in [2.24, 2.45) is 0 Å². The molecule has 1 atom stereocenters. The first kappa shape index (κ1) is 48.1. The van der Waals surface area contributed by atoms with Gasteiger partial charge in [0.05, 0.1) is 12.2 Å². The van der Waals surface area contributed by atoms with Crippen molar-refractivity contribution >= 4 is 80.5 Å². The molecule has 0 bridgehead atoms. The van der Waals surface area contributed by atoms with Gasteiger partial charge in [0.2, 0.25) is 10.0 Å². The number of esters is 1. The molecule has 4 rings (SSSR count). The summed E-state index contributed by atoms with van der Waals surface area (Å²) in [6.07, 6.45) is 0.633. The Kier molecular flexibility index (Phi) is 14.5. The number of nitrogens with zero attached hydrogens (tertiary/aromatic N) is 6. The maximum atomic E-state index is 14.2. The quantitative estimate of drug-likeness (QED) is 0.164. The van der Waals surface area contributed by atoms with Gasteiger partial charge in [-0.3, -0.25) is 14.0 Å². The average molecular weight is 896 g/mol. The number of carbonyl (C=O) groups excluding carboxylic acids is 4. The molecule has 1 aromatic heterocycles. The van der Waals surface area contributed by atoms with E-state index in [0.717, 1.165) is 25.4 Å². The summed E-state index contributed by atoms with van der Waals surface area (Å²) in [5.41, 5.74) is -1.86. The number of ether oxygens (including phenoxy) is 4. The van der Waals surface area contributed by atoms with Crippen LogP contribution in [0.3, 0.4) is 0 Å². The van der Waals surface area contributed by atoms with Gasteiger partial charge in [-0.1, -0.05) is 23.2 Å². The molecule has 2 aromatic rings. The van der Waals surface area contributed by atoms with Crippen molar-refractivity contribution < 1.29 is 46.5 Å². The Balaban J connectivity index is 1.64. The second-order valence-electron chi connectivity index (χ2n) is 18.2. The molecular weight excluding hydrogens is 839 g/mol. The van der Waals surface area contributed by atoms with Crippen LogP contribution in [0.15, 0.2) is 52.5 Å². The van der Waals surface area contributed by atoms with Crippen LogP contribution in [0.5, 0.6) is 0 Å². The summed E-state index contributed by atoms with van der Waals surface area (Å²) in [7, 11) is -4.23. The van der Waals surface area contributed by atoms with Crippen molar-refractivity contribution in [3.8, 4) is 0 Å². The molecule has 330 valence electrons. The predicted octanol–water partition coefficient (Wildman–Crippen LogP) is 8.58. The van der Waals surface area contributed by atoms with E-state index in [9.17, 15) is 27.6 Å². The minimum absolute atomic E-state index is 0.0184. The van der Waals surface area contributed by atoms with Crippen LogP contribution < -0.4 is 14.1 Å². The number of fused-ring (bicyclic) bond motifs is 1. The molecule has 16 nitrogen and oxygen atoms in total. The summed E-state index contributed by atoms with van der Waals surface area (Å²) in [5.74, 6) is -0.245. The first-order chi connectivity index (χ1) is 27.4. The molecule has 0 spiro atoms. The highest BCUT2D eigenvalue weighted by Gasteiger charge is 2.37. The molecule has 1 aromatic carbocycles. The summed E-state index contributed by atoms with van der Waals surface area (Å²) >= 11 is 12.5. The lowest BCUT2D eigenvalue weighted by molar-refractivity contribution is -0.152. The molecule has 3 amide bonds. The Morgan fingerprint density at radius 3 is 1.85 bits per heavy atom. The summed E-state index contributed by atoms with van der Waals surface area (Å²) in [4.78, 5) is 56.9. The Morgan fingerprint density at radius 1 is 0.767 bits per heavy atom. The third-order valence-corrected chi connectivity index (χ3v) is 10.8. The second-order valence-corrected chi connectivity index (χ2v) is 21.2. The van der Waals surface area contributed by atoms with Gasteiger partial charge in [0, 0.05) is 35.3 Å². The Labute approximate surface area is 362 Å². The molecule has 0 fully saturated rings. The van der Waals surface area contributed by atoms with Crippen molar-refractivity contribution in [2.45, 2.75) is 124 Å². The Morgan fingerprint density at radius 2 is 1.33 bits per heavy atom. The number of hydrogen-bond donors (Lipinski definition) is 0. The van der Waals surface area contributed by atoms with Crippen molar-refractivity contribution in [3.63, 3.8) is 0 Å². The van der Waals surface area contributed by atoms with Gasteiger partial charge in [-0.05, 0) is 138 Å². The lowest BCUT2D eigenvalue weighted by Crippen LogP contribution is -2.48. The zero-order valence-electron chi connectivity index (χ0n) is 36.3. The van der Waals surface area contributed by atoms with Crippen LogP contribution in [0.1, 0.15) is 95.1 Å². The highest BCUT2D eigenvalue weighted by molar-refractivity contribution is 7.93. The molecule has 0 radical (unpaired) electrons. The number of sulfonamides is 1. The van der Waals surface area contributed by atoms with E-state index < -0.39 is 68.5 Å². The molecule has 1 aliphatic heterocycles. The normalized spacial score (nSPS) is 15.9. The van der Waals surface area contributed by atoms with Crippen molar-refractivity contribution in [3.05, 3.63) is 58.1 Å². The van der Waals surface area contributed by atoms with Crippen LogP contribution >= 0.6 is 23.2 Å². The molecule has 2 aliphatic rings. The van der Waals surface area contributed by atoms with Crippen molar-refractivity contribution in [2.75, 3.05) is 40.3 Å². The fraction of sp³-hybridized carbons (Fsp3) is 0.561. The maximum absolute atomic E-state index is 14.2. The van der Waals surface area contributed by atoms with Crippen LogP contribution in [0, 0.1) is 0 Å². The molecule has 1 unspecified atom stereocenters. The van der Waals surface area contributed by atoms with Crippen LogP contribution in [-0.2, 0) is 40.2 Å². The number of anilines is 4. The van der Waals surface area contributed by atoms with E-state index in [1.807, 2.05) is 4.90 Å². The van der Waals surface area contributed by atoms with Gasteiger partial charge < -0.3 is 23.8 Å². The minimum atomic E-state index is -4.23. The van der Waals surface area contributed by atoms with Gasteiger partial charge >= 0.3 is 24.2 Å². The fourth-order valence-electron chi connectivity index (χ4n) is 5.95. The van der Waals surface area contributed by atoms with Gasteiger partial charge in [-0.15, -0.1) is 10.2 Å². The third-order valence-electron chi connectivity index (χ3n) is 8.24. The van der Waals surface area contributed by atoms with Gasteiger partial charge in [0.25, 0.3) is 0 Å². The van der Waals surface area contributed by atoms with Gasteiger partial charge in [0.1, 0.15) is 34.2 Å². The molecule has 0 N–H and O–H groups in total. The maximum Gasteiger partial charge on any atom is 0.419 e. The molecule has 1 aliphatic carbocycles. The fourth-order valence-corrected chi connectivity index (χ4v) is 8.47. The molecule has 0 saturated carbocycles. The van der Waals surface area contributed by atoms with E-state index in [4.69, 9.17) is 42.1 Å². The van der Waals surface area contributed by atoms with Crippen LogP contribution in [0.4, 0.5) is 37.4 Å². The largest absolute Gasteiger partial charge is 0.459 e. The lowest BCUT2D eigenvalue weighted by Gasteiger charge is -2.31. The summed E-state index contributed by atoms with van der Waals surface area (Å²) in [6.45, 7) is 19.4. The standard InChI is InChI=1S/C41H56Cl2N6O10S/c1-38(2,3)56-34(50)25-49(60(54,55)30-23-27(42)22-28(43)24-30)29-13-14-31-26(21-29)17-18-46(31)32-15-16-33(45-44-32)47(35(51)57-39(4,5)6)19-20-48(36(52)58-40(7,8)9)37(53)59-41(10,11)12/h13-16,21-23,30H,17-20,24-25H2,1-12H3. The monoisotopic (exact) mass is 894 g/mol. The number of imide groups is 1. The zero-order chi connectivity index (χ0) is 45.2. The zero-order valence-corrected chi connectivity index (χ0v) is 38.6. The lowest BCUT2D eigenvalue weighted by atomic mass is 10.1. The number of allylic oxidation sites excluding steroid dienone is 3. The summed E-state index contributed by atoms with van der Waals surface area (Å²) in [5, 5.41) is 8.09. The predicted molar refractivity (Wildman–Crippen MR) is 230 cm³/mol. The van der Waals surface area contributed by atoms with Crippen LogP contribution in [0.2, 0.25) is 0 Å². The number of halogens is 2.